The van der Waals surface area contributed by atoms with Gasteiger partial charge in [-0.25, -0.2) is 0 Å². The molecule has 3 aromatic rings. The minimum Gasteiger partial charge on any atom is -0.496 e. The van der Waals surface area contributed by atoms with Crippen LogP contribution in [-0.4, -0.2) is 7.11 Å². The number of ether oxygens (including phenoxy) is 3. The zero-order valence-corrected chi connectivity index (χ0v) is 14.6. The highest BCUT2D eigenvalue weighted by molar-refractivity contribution is 5.53. The lowest BCUT2D eigenvalue weighted by Gasteiger charge is -2.16. The van der Waals surface area contributed by atoms with Gasteiger partial charge in [0.2, 0.25) is 0 Å². The largest absolute Gasteiger partial charge is 0.496 e. The fraction of sp³-hybridized carbons (Fsp3) is 0.143. The van der Waals surface area contributed by atoms with Crippen LogP contribution in [0, 0.1) is 0 Å². The Kier molecular flexibility index (Phi) is 5.49. The summed E-state index contributed by atoms with van der Waals surface area (Å²) in [6, 6.07) is 20.7. The maximum atomic E-state index is 5.92. The molecule has 5 nitrogen and oxygen atoms in total. The number of para-hydroxylation sites is 5. The summed E-state index contributed by atoms with van der Waals surface area (Å²) in [5, 5.41) is 0. The van der Waals surface area contributed by atoms with Crippen molar-refractivity contribution in [1.82, 2.24) is 0 Å². The van der Waals surface area contributed by atoms with Crippen LogP contribution in [0.3, 0.4) is 0 Å². The third-order valence-corrected chi connectivity index (χ3v) is 3.99. The Labute approximate surface area is 153 Å². The fourth-order valence-electron chi connectivity index (χ4n) is 2.66. The van der Waals surface area contributed by atoms with E-state index in [9.17, 15) is 0 Å². The molecule has 0 heterocycles. The predicted octanol–water partition coefficient (Wildman–Crippen LogP) is 4.02. The third-order valence-electron chi connectivity index (χ3n) is 3.99. The van der Waals surface area contributed by atoms with Crippen LogP contribution in [0.25, 0.3) is 0 Å². The molecule has 3 aromatic carbocycles. The van der Waals surface area contributed by atoms with Crippen LogP contribution in [0.2, 0.25) is 0 Å². The Bertz CT molecular complexity index is 813. The third kappa shape index (κ3) is 4.00. The molecule has 0 radical (unpaired) electrons. The van der Waals surface area contributed by atoms with E-state index in [0.717, 1.165) is 16.9 Å². The highest BCUT2D eigenvalue weighted by Gasteiger charge is 2.11. The van der Waals surface area contributed by atoms with Gasteiger partial charge in [0.15, 0.2) is 0 Å². The van der Waals surface area contributed by atoms with Crippen molar-refractivity contribution in [3.63, 3.8) is 0 Å². The molecule has 134 valence electrons. The van der Waals surface area contributed by atoms with Crippen LogP contribution >= 0.6 is 0 Å². The summed E-state index contributed by atoms with van der Waals surface area (Å²) < 4.78 is 17.3. The average molecular weight is 350 g/mol. The van der Waals surface area contributed by atoms with Crippen molar-refractivity contribution in [2.75, 3.05) is 18.6 Å². The maximum Gasteiger partial charge on any atom is 0.142 e. The van der Waals surface area contributed by atoms with Gasteiger partial charge in [-0.3, -0.25) is 0 Å². The number of anilines is 2. The lowest BCUT2D eigenvalue weighted by atomic mass is 10.1. The standard InChI is InChI=1S/C21H22N2O3/c1-24-21-15(13-25-19-11-4-2-9-17(19)22)7-6-8-16(21)14-26-20-12-5-3-10-18(20)23/h2-12H,13-14,22-23H2,1H3. The predicted molar refractivity (Wildman–Crippen MR) is 103 cm³/mol. The fourth-order valence-corrected chi connectivity index (χ4v) is 2.66. The average Bonchev–Trinajstić information content (AvgIpc) is 2.66. The van der Waals surface area contributed by atoms with Gasteiger partial charge in [-0.15, -0.1) is 0 Å². The van der Waals surface area contributed by atoms with Gasteiger partial charge < -0.3 is 25.7 Å². The molecule has 0 atom stereocenters. The first-order chi connectivity index (χ1) is 12.7. The van der Waals surface area contributed by atoms with Crippen molar-refractivity contribution in [3.8, 4) is 17.2 Å². The van der Waals surface area contributed by atoms with Crippen LogP contribution in [-0.2, 0) is 13.2 Å². The number of nitrogens with two attached hydrogens (primary N) is 2. The summed E-state index contributed by atoms with van der Waals surface area (Å²) in [4.78, 5) is 0. The second-order valence-electron chi connectivity index (χ2n) is 5.76. The van der Waals surface area contributed by atoms with E-state index in [1.54, 1.807) is 19.2 Å². The first-order valence-electron chi connectivity index (χ1n) is 8.28. The zero-order chi connectivity index (χ0) is 18.4. The van der Waals surface area contributed by atoms with Crippen molar-refractivity contribution in [3.05, 3.63) is 77.9 Å². The topological polar surface area (TPSA) is 79.7 Å². The van der Waals surface area contributed by atoms with Crippen molar-refractivity contribution < 1.29 is 14.2 Å². The molecule has 0 aliphatic carbocycles. The molecule has 26 heavy (non-hydrogen) atoms. The van der Waals surface area contributed by atoms with Crippen LogP contribution in [0.15, 0.2) is 66.7 Å². The molecule has 3 rings (SSSR count). The van der Waals surface area contributed by atoms with Gasteiger partial charge in [0.05, 0.1) is 18.5 Å². The van der Waals surface area contributed by atoms with E-state index < -0.39 is 0 Å². The number of nitrogen functional groups attached to an aromatic ring is 2. The Morgan fingerprint density at radius 3 is 1.54 bits per heavy atom. The lowest BCUT2D eigenvalue weighted by Crippen LogP contribution is -2.05. The van der Waals surface area contributed by atoms with Crippen molar-refractivity contribution in [2.24, 2.45) is 0 Å². The minimum absolute atomic E-state index is 0.346. The highest BCUT2D eigenvalue weighted by atomic mass is 16.5. The van der Waals surface area contributed by atoms with Gasteiger partial charge in [0.25, 0.3) is 0 Å². The second-order valence-corrected chi connectivity index (χ2v) is 5.76. The van der Waals surface area contributed by atoms with Gasteiger partial charge in [-0.2, -0.15) is 0 Å². The van der Waals surface area contributed by atoms with Gasteiger partial charge in [0, 0.05) is 11.1 Å². The van der Waals surface area contributed by atoms with Gasteiger partial charge in [0.1, 0.15) is 30.5 Å². The summed E-state index contributed by atoms with van der Waals surface area (Å²) >= 11 is 0. The van der Waals surface area contributed by atoms with Crippen molar-refractivity contribution in [1.29, 1.82) is 0 Å². The highest BCUT2D eigenvalue weighted by Crippen LogP contribution is 2.29. The van der Waals surface area contributed by atoms with E-state index in [1.165, 1.54) is 0 Å². The molecule has 0 amide bonds. The zero-order valence-electron chi connectivity index (χ0n) is 14.6. The van der Waals surface area contributed by atoms with Gasteiger partial charge in [-0.1, -0.05) is 42.5 Å². The number of hydrogen-bond acceptors (Lipinski definition) is 5. The Balaban J connectivity index is 1.74. The molecule has 0 spiro atoms. The molecule has 4 N–H and O–H groups in total. The van der Waals surface area contributed by atoms with Crippen LogP contribution < -0.4 is 25.7 Å². The van der Waals surface area contributed by atoms with E-state index in [1.807, 2.05) is 54.6 Å². The molecule has 0 bridgehead atoms. The molecule has 5 heteroatoms. The van der Waals surface area contributed by atoms with Crippen molar-refractivity contribution >= 4 is 11.4 Å². The first-order valence-corrected chi connectivity index (χ1v) is 8.28. The molecular weight excluding hydrogens is 328 g/mol. The summed E-state index contributed by atoms with van der Waals surface area (Å²) in [6.07, 6.45) is 0. The van der Waals surface area contributed by atoms with Crippen molar-refractivity contribution in [2.45, 2.75) is 13.2 Å². The molecule has 0 unspecified atom stereocenters. The molecular formula is C21H22N2O3. The number of methoxy groups -OCH3 is 1. The lowest BCUT2D eigenvalue weighted by molar-refractivity contribution is 0.284. The smallest absolute Gasteiger partial charge is 0.142 e. The monoisotopic (exact) mass is 350 g/mol. The summed E-state index contributed by atoms with van der Waals surface area (Å²) in [6.45, 7) is 0.692. The molecule has 0 aliphatic rings. The normalized spacial score (nSPS) is 10.3. The van der Waals surface area contributed by atoms with Crippen LogP contribution in [0.1, 0.15) is 11.1 Å². The SMILES string of the molecule is COc1c(COc2ccccc2N)cccc1COc1ccccc1N. The van der Waals surface area contributed by atoms with E-state index in [-0.39, 0.29) is 0 Å². The van der Waals surface area contributed by atoms with Gasteiger partial charge >= 0.3 is 0 Å². The number of hydrogen-bond donors (Lipinski definition) is 2. The Morgan fingerprint density at radius 2 is 1.12 bits per heavy atom. The summed E-state index contributed by atoms with van der Waals surface area (Å²) in [5.74, 6) is 2.03. The van der Waals surface area contributed by atoms with E-state index in [4.69, 9.17) is 25.7 Å². The van der Waals surface area contributed by atoms with Crippen LogP contribution in [0.4, 0.5) is 11.4 Å². The maximum absolute atomic E-state index is 5.92. The van der Waals surface area contributed by atoms with E-state index >= 15 is 0 Å². The molecule has 0 saturated carbocycles. The van der Waals surface area contributed by atoms with E-state index in [0.29, 0.717) is 36.1 Å². The summed E-state index contributed by atoms with van der Waals surface area (Å²) in [5.41, 5.74) is 14.9. The number of rotatable bonds is 7. The molecule has 0 saturated heterocycles. The number of benzene rings is 3. The quantitative estimate of drug-likeness (QED) is 0.629. The molecule has 0 aliphatic heterocycles. The first kappa shape index (κ1) is 17.5. The van der Waals surface area contributed by atoms with Crippen LogP contribution in [0.5, 0.6) is 17.2 Å². The summed E-state index contributed by atoms with van der Waals surface area (Å²) in [7, 11) is 1.64. The van der Waals surface area contributed by atoms with Gasteiger partial charge in [-0.05, 0) is 24.3 Å². The minimum atomic E-state index is 0.346. The Morgan fingerprint density at radius 1 is 0.654 bits per heavy atom. The molecule has 0 fully saturated rings. The Hall–Kier alpha value is -3.34. The molecule has 0 aromatic heterocycles. The second kappa shape index (κ2) is 8.16. The van der Waals surface area contributed by atoms with E-state index in [2.05, 4.69) is 0 Å².